The van der Waals surface area contributed by atoms with Gasteiger partial charge >= 0.3 is 0 Å². The third kappa shape index (κ3) is 2.76. The molecule has 2 unspecified atom stereocenters. The van der Waals surface area contributed by atoms with Crippen LogP contribution in [0.3, 0.4) is 0 Å². The molecule has 4 atom stereocenters. The van der Waals surface area contributed by atoms with E-state index in [4.69, 9.17) is 0 Å². The van der Waals surface area contributed by atoms with Crippen molar-refractivity contribution >= 4 is 11.8 Å². The summed E-state index contributed by atoms with van der Waals surface area (Å²) < 4.78 is 0. The van der Waals surface area contributed by atoms with Crippen LogP contribution in [0, 0.1) is 24.2 Å². The fourth-order valence-corrected chi connectivity index (χ4v) is 6.12. The molecule has 4 saturated carbocycles. The van der Waals surface area contributed by atoms with Gasteiger partial charge in [0.15, 0.2) is 0 Å². The van der Waals surface area contributed by atoms with Gasteiger partial charge in [-0.05, 0) is 68.3 Å². The second kappa shape index (κ2) is 5.86. The third-order valence-electron chi connectivity index (χ3n) is 6.84. The highest BCUT2D eigenvalue weighted by molar-refractivity contribution is 5.86. The van der Waals surface area contributed by atoms with E-state index in [0.717, 1.165) is 19.3 Å². The molecule has 4 nitrogen and oxygen atoms in total. The number of carbonyl (C=O) groups excluding carboxylic acids is 2. The molecule has 134 valence electrons. The Labute approximate surface area is 149 Å². The number of nitrogens with one attached hydrogen (secondary N) is 2. The third-order valence-corrected chi connectivity index (χ3v) is 6.84. The molecule has 1 aromatic rings. The lowest BCUT2D eigenvalue weighted by molar-refractivity contribution is -0.151. The topological polar surface area (TPSA) is 58.2 Å². The number of rotatable bonds is 3. The molecule has 4 aliphatic rings. The maximum Gasteiger partial charge on any atom is 0.244 e. The highest BCUT2D eigenvalue weighted by Gasteiger charge is 2.60. The molecule has 0 radical (unpaired) electrons. The molecule has 0 aliphatic heterocycles. The van der Waals surface area contributed by atoms with Crippen molar-refractivity contribution in [2.24, 2.45) is 17.3 Å². The molecule has 4 aliphatic carbocycles. The van der Waals surface area contributed by atoms with Gasteiger partial charge in [0, 0.05) is 6.42 Å². The van der Waals surface area contributed by atoms with Crippen molar-refractivity contribution in [3.63, 3.8) is 0 Å². The zero-order valence-corrected chi connectivity index (χ0v) is 15.2. The predicted molar refractivity (Wildman–Crippen MR) is 96.5 cm³/mol. The molecular weight excluding hydrogens is 312 g/mol. The van der Waals surface area contributed by atoms with Gasteiger partial charge in [-0.2, -0.15) is 0 Å². The Kier molecular flexibility index (Phi) is 3.89. The van der Waals surface area contributed by atoms with Gasteiger partial charge in [0.25, 0.3) is 0 Å². The average molecular weight is 340 g/mol. The van der Waals surface area contributed by atoms with Crippen LogP contribution in [0.5, 0.6) is 0 Å². The Balaban J connectivity index is 1.61. The van der Waals surface area contributed by atoms with Crippen molar-refractivity contribution < 1.29 is 9.59 Å². The number of amides is 2. The number of hydrogen-bond donors (Lipinski definition) is 2. The first-order valence-corrected chi connectivity index (χ1v) is 9.61. The fourth-order valence-electron chi connectivity index (χ4n) is 6.12. The Hall–Kier alpha value is -1.84. The van der Waals surface area contributed by atoms with Gasteiger partial charge < -0.3 is 0 Å². The number of benzene rings is 1. The molecule has 0 spiro atoms. The van der Waals surface area contributed by atoms with Crippen LogP contribution in [0.25, 0.3) is 0 Å². The number of hydrogen-bond acceptors (Lipinski definition) is 2. The van der Waals surface area contributed by atoms with Crippen LogP contribution in [0.2, 0.25) is 0 Å². The number of hydrazine groups is 1. The molecule has 0 aromatic heterocycles. The van der Waals surface area contributed by atoms with Crippen molar-refractivity contribution in [3.8, 4) is 0 Å². The standard InChI is InChI=1S/C21H28N2O2/c1-3-18(24)22-23-19(25)21-11-15-8-16(12-21)10-20(9-15,13-21)17-6-4-14(2)5-7-17/h4-7,15-16H,3,8-13H2,1-2H3,(H,22,24)(H,23,25)/t15-,16+,20?,21?. The van der Waals surface area contributed by atoms with Gasteiger partial charge in [-0.1, -0.05) is 36.8 Å². The predicted octanol–water partition coefficient (Wildman–Crippen LogP) is 3.39. The Morgan fingerprint density at radius 1 is 1.04 bits per heavy atom. The largest absolute Gasteiger partial charge is 0.273 e. The summed E-state index contributed by atoms with van der Waals surface area (Å²) in [7, 11) is 0. The molecule has 4 bridgehead atoms. The van der Waals surface area contributed by atoms with Crippen LogP contribution < -0.4 is 10.9 Å². The second-order valence-corrected chi connectivity index (χ2v) is 8.74. The smallest absolute Gasteiger partial charge is 0.244 e. The molecule has 4 heteroatoms. The van der Waals surface area contributed by atoms with Gasteiger partial charge in [-0.15, -0.1) is 0 Å². The normalized spacial score (nSPS) is 35.4. The maximum atomic E-state index is 13.0. The molecule has 1 aromatic carbocycles. The first-order valence-electron chi connectivity index (χ1n) is 9.61. The van der Waals surface area contributed by atoms with Crippen LogP contribution in [0.4, 0.5) is 0 Å². The van der Waals surface area contributed by atoms with E-state index in [0.29, 0.717) is 18.3 Å². The van der Waals surface area contributed by atoms with Crippen LogP contribution >= 0.6 is 0 Å². The van der Waals surface area contributed by atoms with E-state index in [1.807, 2.05) is 0 Å². The summed E-state index contributed by atoms with van der Waals surface area (Å²) >= 11 is 0. The lowest BCUT2D eigenvalue weighted by Gasteiger charge is -2.61. The molecule has 0 heterocycles. The lowest BCUT2D eigenvalue weighted by Crippen LogP contribution is -2.60. The first-order chi connectivity index (χ1) is 11.9. The van der Waals surface area contributed by atoms with E-state index in [2.05, 4.69) is 42.0 Å². The van der Waals surface area contributed by atoms with Crippen LogP contribution in [0.15, 0.2) is 24.3 Å². The van der Waals surface area contributed by atoms with Gasteiger partial charge in [0.2, 0.25) is 11.8 Å². The minimum Gasteiger partial charge on any atom is -0.273 e. The average Bonchev–Trinajstić information content (AvgIpc) is 2.58. The van der Waals surface area contributed by atoms with Gasteiger partial charge in [0.05, 0.1) is 5.41 Å². The zero-order chi connectivity index (χ0) is 17.7. The Morgan fingerprint density at radius 2 is 1.68 bits per heavy atom. The monoisotopic (exact) mass is 340 g/mol. The minimum atomic E-state index is -0.310. The molecule has 2 N–H and O–H groups in total. The highest BCUT2D eigenvalue weighted by atomic mass is 16.2. The van der Waals surface area contributed by atoms with Gasteiger partial charge in [-0.3, -0.25) is 20.4 Å². The molecule has 4 fully saturated rings. The number of carbonyl (C=O) groups is 2. The summed E-state index contributed by atoms with van der Waals surface area (Å²) in [5.41, 5.74) is 7.83. The molecular formula is C21H28N2O2. The zero-order valence-electron chi connectivity index (χ0n) is 15.2. The van der Waals surface area contributed by atoms with Crippen molar-refractivity contribution in [1.29, 1.82) is 0 Å². The van der Waals surface area contributed by atoms with Crippen molar-refractivity contribution in [1.82, 2.24) is 10.9 Å². The Morgan fingerprint density at radius 3 is 2.28 bits per heavy atom. The van der Waals surface area contributed by atoms with Crippen LogP contribution in [-0.2, 0) is 15.0 Å². The Bertz CT molecular complexity index is 680. The molecule has 5 rings (SSSR count). The van der Waals surface area contributed by atoms with Crippen molar-refractivity contribution in [2.45, 2.75) is 64.2 Å². The van der Waals surface area contributed by atoms with E-state index in [-0.39, 0.29) is 22.6 Å². The number of aryl methyl sites for hydroxylation is 1. The minimum absolute atomic E-state index is 0.0277. The van der Waals surface area contributed by atoms with Crippen molar-refractivity contribution in [3.05, 3.63) is 35.4 Å². The van der Waals surface area contributed by atoms with Gasteiger partial charge in [-0.25, -0.2) is 0 Å². The fraction of sp³-hybridized carbons (Fsp3) is 0.619. The van der Waals surface area contributed by atoms with Crippen LogP contribution in [-0.4, -0.2) is 11.8 Å². The summed E-state index contributed by atoms with van der Waals surface area (Å²) in [5, 5.41) is 0. The first kappa shape index (κ1) is 16.6. The summed E-state index contributed by atoms with van der Waals surface area (Å²) in [5.74, 6) is 1.16. The van der Waals surface area contributed by atoms with E-state index < -0.39 is 0 Å². The summed E-state index contributed by atoms with van der Waals surface area (Å²) in [6.07, 6.45) is 6.95. The summed E-state index contributed by atoms with van der Waals surface area (Å²) in [4.78, 5) is 24.6. The lowest BCUT2D eigenvalue weighted by atomic mass is 9.42. The van der Waals surface area contributed by atoms with E-state index in [1.54, 1.807) is 6.92 Å². The van der Waals surface area contributed by atoms with Crippen molar-refractivity contribution in [2.75, 3.05) is 0 Å². The van der Waals surface area contributed by atoms with Gasteiger partial charge in [0.1, 0.15) is 0 Å². The second-order valence-electron chi connectivity index (χ2n) is 8.74. The summed E-state index contributed by atoms with van der Waals surface area (Å²) in [6.45, 7) is 3.91. The maximum absolute atomic E-state index is 13.0. The molecule has 0 saturated heterocycles. The SMILES string of the molecule is CCC(=O)NNC(=O)C12C[C@H]3C[C@@H](C1)CC(c1ccc(C)cc1)(C3)C2. The summed E-state index contributed by atoms with van der Waals surface area (Å²) in [6, 6.07) is 8.93. The molecule has 25 heavy (non-hydrogen) atoms. The quantitative estimate of drug-likeness (QED) is 0.829. The van der Waals surface area contributed by atoms with E-state index in [9.17, 15) is 9.59 Å². The van der Waals surface area contributed by atoms with E-state index >= 15 is 0 Å². The molecule has 2 amide bonds. The van der Waals surface area contributed by atoms with Crippen LogP contribution in [0.1, 0.15) is 63.0 Å². The highest BCUT2D eigenvalue weighted by Crippen LogP contribution is 2.65. The van der Waals surface area contributed by atoms with E-state index in [1.165, 1.54) is 30.4 Å².